The van der Waals surface area contributed by atoms with Crippen molar-refractivity contribution in [3.8, 4) is 0 Å². The lowest BCUT2D eigenvalue weighted by Crippen LogP contribution is -2.41. The zero-order chi connectivity index (χ0) is 14.3. The van der Waals surface area contributed by atoms with Crippen molar-refractivity contribution >= 4 is 33.6 Å². The lowest BCUT2D eigenvalue weighted by Gasteiger charge is -2.21. The van der Waals surface area contributed by atoms with E-state index in [1.165, 1.54) is 0 Å². The number of benzene rings is 1. The van der Waals surface area contributed by atoms with Crippen molar-refractivity contribution in [1.82, 2.24) is 5.32 Å². The molecule has 0 saturated heterocycles. The van der Waals surface area contributed by atoms with Crippen LogP contribution in [0.25, 0.3) is 0 Å². The van der Waals surface area contributed by atoms with Gasteiger partial charge in [-0.15, -0.1) is 0 Å². The van der Waals surface area contributed by atoms with Crippen molar-refractivity contribution in [2.45, 2.75) is 31.1 Å². The third-order valence-corrected chi connectivity index (χ3v) is 4.67. The summed E-state index contributed by atoms with van der Waals surface area (Å²) >= 11 is 4.95. The summed E-state index contributed by atoms with van der Waals surface area (Å²) in [5.74, 6) is 0.0305. The van der Waals surface area contributed by atoms with E-state index in [0.29, 0.717) is 6.42 Å². The van der Waals surface area contributed by atoms with Crippen LogP contribution in [-0.2, 0) is 11.2 Å². The highest BCUT2D eigenvalue weighted by Gasteiger charge is 2.16. The van der Waals surface area contributed by atoms with Gasteiger partial charge in [0.15, 0.2) is 0 Å². The fourth-order valence-electron chi connectivity index (χ4n) is 1.76. The Hall–Kier alpha value is -0.520. The minimum atomic E-state index is -0.0163. The summed E-state index contributed by atoms with van der Waals surface area (Å²) in [6.45, 7) is 2.00. The zero-order valence-corrected chi connectivity index (χ0v) is 13.6. The van der Waals surface area contributed by atoms with Crippen LogP contribution in [0, 0.1) is 0 Å². The normalized spacial score (nSPS) is 13.9. The van der Waals surface area contributed by atoms with Crippen molar-refractivity contribution in [1.29, 1.82) is 0 Å². The number of rotatable bonds is 7. The summed E-state index contributed by atoms with van der Waals surface area (Å²) in [5, 5.41) is 12.2. The van der Waals surface area contributed by atoms with Crippen LogP contribution in [0.3, 0.4) is 0 Å². The second kappa shape index (κ2) is 8.61. The van der Waals surface area contributed by atoms with Crippen LogP contribution in [0.2, 0.25) is 0 Å². The fourth-order valence-corrected chi connectivity index (χ4v) is 2.65. The van der Waals surface area contributed by atoms with Crippen LogP contribution in [0.4, 0.5) is 0 Å². The first kappa shape index (κ1) is 16.5. The predicted molar refractivity (Wildman–Crippen MR) is 84.5 cm³/mol. The molecule has 0 spiro atoms. The SMILES string of the molecule is CSC(CO)C(C)NC(=O)CCc1ccc(Br)cc1. The molecular weight excluding hydrogens is 326 g/mol. The van der Waals surface area contributed by atoms with E-state index < -0.39 is 0 Å². The van der Waals surface area contributed by atoms with Crippen LogP contribution in [-0.4, -0.2) is 35.2 Å². The molecule has 19 heavy (non-hydrogen) atoms. The molecule has 0 bridgehead atoms. The van der Waals surface area contributed by atoms with E-state index in [4.69, 9.17) is 5.11 Å². The molecule has 0 aliphatic carbocycles. The first-order valence-corrected chi connectivity index (χ1v) is 8.32. The van der Waals surface area contributed by atoms with E-state index in [-0.39, 0.29) is 23.8 Å². The number of amides is 1. The van der Waals surface area contributed by atoms with E-state index >= 15 is 0 Å². The Morgan fingerprint density at radius 3 is 2.58 bits per heavy atom. The summed E-state index contributed by atoms with van der Waals surface area (Å²) < 4.78 is 1.04. The van der Waals surface area contributed by atoms with Gasteiger partial charge in [-0.3, -0.25) is 4.79 Å². The Morgan fingerprint density at radius 1 is 1.42 bits per heavy atom. The standard InChI is InChI=1S/C14H20BrNO2S/c1-10(13(9-17)19-2)16-14(18)8-5-11-3-6-12(15)7-4-11/h3-4,6-7,10,13,17H,5,8-9H2,1-2H3,(H,16,18). The van der Waals surface area contributed by atoms with Gasteiger partial charge in [0, 0.05) is 22.2 Å². The summed E-state index contributed by atoms with van der Waals surface area (Å²) in [4.78, 5) is 11.8. The van der Waals surface area contributed by atoms with Gasteiger partial charge in [0.05, 0.1) is 6.61 Å². The third-order valence-electron chi connectivity index (χ3n) is 2.98. The van der Waals surface area contributed by atoms with Gasteiger partial charge in [-0.1, -0.05) is 28.1 Å². The molecule has 2 atom stereocenters. The number of nitrogens with one attached hydrogen (secondary N) is 1. The number of hydrogen-bond donors (Lipinski definition) is 2. The van der Waals surface area contributed by atoms with Gasteiger partial charge in [0.2, 0.25) is 5.91 Å². The first-order valence-electron chi connectivity index (χ1n) is 6.24. The van der Waals surface area contributed by atoms with Crippen molar-refractivity contribution in [2.24, 2.45) is 0 Å². The number of aliphatic hydroxyl groups is 1. The summed E-state index contributed by atoms with van der Waals surface area (Å²) in [7, 11) is 0. The lowest BCUT2D eigenvalue weighted by atomic mass is 10.1. The maximum atomic E-state index is 11.8. The Morgan fingerprint density at radius 2 is 2.05 bits per heavy atom. The topological polar surface area (TPSA) is 49.3 Å². The molecule has 0 aliphatic heterocycles. The predicted octanol–water partition coefficient (Wildman–Crippen LogP) is 2.61. The Kier molecular flexibility index (Phi) is 7.49. The second-order valence-corrected chi connectivity index (χ2v) is 6.43. The molecule has 1 rings (SSSR count). The van der Waals surface area contributed by atoms with Crippen LogP contribution >= 0.6 is 27.7 Å². The largest absolute Gasteiger partial charge is 0.395 e. The molecule has 1 aromatic carbocycles. The molecule has 106 valence electrons. The summed E-state index contributed by atoms with van der Waals surface area (Å²) in [6.07, 6.45) is 3.14. The highest BCUT2D eigenvalue weighted by Crippen LogP contribution is 2.13. The van der Waals surface area contributed by atoms with Gasteiger partial charge in [-0.25, -0.2) is 0 Å². The average Bonchev–Trinajstić information content (AvgIpc) is 2.39. The molecular formula is C14H20BrNO2S. The van der Waals surface area contributed by atoms with E-state index in [1.807, 2.05) is 37.4 Å². The molecule has 2 N–H and O–H groups in total. The second-order valence-electron chi connectivity index (χ2n) is 4.44. The van der Waals surface area contributed by atoms with Gasteiger partial charge in [0.25, 0.3) is 0 Å². The van der Waals surface area contributed by atoms with Gasteiger partial charge < -0.3 is 10.4 Å². The molecule has 0 aromatic heterocycles. The minimum absolute atomic E-state index is 0.0163. The zero-order valence-electron chi connectivity index (χ0n) is 11.2. The molecule has 0 heterocycles. The molecule has 0 fully saturated rings. The fraction of sp³-hybridized carbons (Fsp3) is 0.500. The average molecular weight is 346 g/mol. The molecule has 0 saturated carbocycles. The third kappa shape index (κ3) is 5.97. The number of aliphatic hydroxyl groups excluding tert-OH is 1. The van der Waals surface area contributed by atoms with Crippen molar-refractivity contribution < 1.29 is 9.90 Å². The van der Waals surface area contributed by atoms with Gasteiger partial charge >= 0.3 is 0 Å². The summed E-state index contributed by atoms with van der Waals surface area (Å²) in [6, 6.07) is 7.97. The Bertz CT molecular complexity index is 393. The molecule has 1 aromatic rings. The molecule has 0 radical (unpaired) electrons. The smallest absolute Gasteiger partial charge is 0.220 e. The number of aryl methyl sites for hydroxylation is 1. The minimum Gasteiger partial charge on any atom is -0.395 e. The van der Waals surface area contributed by atoms with Crippen molar-refractivity contribution in [3.63, 3.8) is 0 Å². The van der Waals surface area contributed by atoms with Crippen molar-refractivity contribution in [2.75, 3.05) is 12.9 Å². The van der Waals surface area contributed by atoms with Crippen LogP contribution < -0.4 is 5.32 Å². The maximum absolute atomic E-state index is 11.8. The molecule has 5 heteroatoms. The van der Waals surface area contributed by atoms with Crippen LogP contribution in [0.15, 0.2) is 28.7 Å². The highest BCUT2D eigenvalue weighted by atomic mass is 79.9. The highest BCUT2D eigenvalue weighted by molar-refractivity contribution is 9.10. The van der Waals surface area contributed by atoms with Gasteiger partial charge in [-0.05, 0) is 37.3 Å². The maximum Gasteiger partial charge on any atom is 0.220 e. The Balaban J connectivity index is 2.37. The van der Waals surface area contributed by atoms with Crippen LogP contribution in [0.5, 0.6) is 0 Å². The quantitative estimate of drug-likeness (QED) is 0.798. The number of thioether (sulfide) groups is 1. The van der Waals surface area contributed by atoms with E-state index in [9.17, 15) is 4.79 Å². The van der Waals surface area contributed by atoms with Crippen molar-refractivity contribution in [3.05, 3.63) is 34.3 Å². The van der Waals surface area contributed by atoms with E-state index in [1.54, 1.807) is 11.8 Å². The first-order chi connectivity index (χ1) is 9.06. The molecule has 0 aliphatic rings. The molecule has 1 amide bonds. The van der Waals surface area contributed by atoms with E-state index in [2.05, 4.69) is 21.2 Å². The Labute approximate surface area is 127 Å². The number of carbonyl (C=O) groups is 1. The van der Waals surface area contributed by atoms with Gasteiger partial charge in [-0.2, -0.15) is 11.8 Å². The molecule has 3 nitrogen and oxygen atoms in total. The summed E-state index contributed by atoms with van der Waals surface area (Å²) in [5.41, 5.74) is 1.15. The monoisotopic (exact) mass is 345 g/mol. The van der Waals surface area contributed by atoms with E-state index in [0.717, 1.165) is 16.5 Å². The van der Waals surface area contributed by atoms with Gasteiger partial charge in [0.1, 0.15) is 0 Å². The number of halogens is 1. The lowest BCUT2D eigenvalue weighted by molar-refractivity contribution is -0.121. The van der Waals surface area contributed by atoms with Crippen LogP contribution in [0.1, 0.15) is 18.9 Å². The number of hydrogen-bond acceptors (Lipinski definition) is 3. The molecule has 2 unspecified atom stereocenters. The number of carbonyl (C=O) groups excluding carboxylic acids is 1.